The molecule has 1 aromatic heterocycles. The van der Waals surface area contributed by atoms with Gasteiger partial charge < -0.3 is 15.0 Å². The van der Waals surface area contributed by atoms with Gasteiger partial charge in [-0.25, -0.2) is 4.98 Å². The Morgan fingerprint density at radius 1 is 1.55 bits per heavy atom. The summed E-state index contributed by atoms with van der Waals surface area (Å²) in [4.78, 5) is 15.5. The van der Waals surface area contributed by atoms with Crippen LogP contribution in [0.15, 0.2) is 36.8 Å². The summed E-state index contributed by atoms with van der Waals surface area (Å²) in [7, 11) is 1.32. The zero-order valence-corrected chi connectivity index (χ0v) is 11.9. The molecule has 0 aliphatic rings. The largest absolute Gasteiger partial charge is 0.468 e. The number of aromatic nitrogens is 2. The monoisotopic (exact) mass is 293 g/mol. The second-order valence-electron chi connectivity index (χ2n) is 4.50. The number of hydrogen-bond acceptors (Lipinski definition) is 4. The SMILES string of the molecule is COC(=O)[C@@H](N)Cc1cn(Cc2cccc(Cl)c2)cn1. The summed E-state index contributed by atoms with van der Waals surface area (Å²) < 4.78 is 6.51. The lowest BCUT2D eigenvalue weighted by molar-refractivity contribution is -0.142. The minimum absolute atomic E-state index is 0.356. The molecule has 1 aromatic carbocycles. The van der Waals surface area contributed by atoms with Gasteiger partial charge >= 0.3 is 5.97 Å². The number of esters is 1. The van der Waals surface area contributed by atoms with Crippen LogP contribution in [0.4, 0.5) is 0 Å². The molecule has 0 aliphatic heterocycles. The number of halogens is 1. The first-order chi connectivity index (χ1) is 9.58. The fourth-order valence-corrected chi connectivity index (χ4v) is 2.12. The third kappa shape index (κ3) is 3.82. The number of carbonyl (C=O) groups is 1. The third-order valence-corrected chi connectivity index (χ3v) is 3.11. The molecule has 106 valence electrons. The van der Waals surface area contributed by atoms with Crippen molar-refractivity contribution in [3.05, 3.63) is 53.1 Å². The Bertz CT molecular complexity index is 598. The van der Waals surface area contributed by atoms with E-state index >= 15 is 0 Å². The van der Waals surface area contributed by atoms with Crippen molar-refractivity contribution < 1.29 is 9.53 Å². The van der Waals surface area contributed by atoms with Gasteiger partial charge in [-0.1, -0.05) is 23.7 Å². The van der Waals surface area contributed by atoms with Crippen molar-refractivity contribution in [2.75, 3.05) is 7.11 Å². The molecule has 0 amide bonds. The third-order valence-electron chi connectivity index (χ3n) is 2.87. The number of benzene rings is 1. The number of rotatable bonds is 5. The van der Waals surface area contributed by atoms with Gasteiger partial charge in [0.1, 0.15) is 6.04 Å². The van der Waals surface area contributed by atoms with Crippen LogP contribution in [0.5, 0.6) is 0 Å². The van der Waals surface area contributed by atoms with Crippen LogP contribution in [-0.2, 0) is 22.5 Å². The first-order valence-electron chi connectivity index (χ1n) is 6.17. The van der Waals surface area contributed by atoms with Crippen LogP contribution in [-0.4, -0.2) is 28.7 Å². The van der Waals surface area contributed by atoms with Crippen LogP contribution in [0.3, 0.4) is 0 Å². The van der Waals surface area contributed by atoms with Crippen LogP contribution in [0.1, 0.15) is 11.3 Å². The highest BCUT2D eigenvalue weighted by Crippen LogP contribution is 2.12. The highest BCUT2D eigenvalue weighted by molar-refractivity contribution is 6.30. The van der Waals surface area contributed by atoms with E-state index in [2.05, 4.69) is 9.72 Å². The normalized spacial score (nSPS) is 12.2. The van der Waals surface area contributed by atoms with Crippen molar-refractivity contribution in [1.82, 2.24) is 9.55 Å². The number of nitrogens with two attached hydrogens (primary N) is 1. The number of hydrogen-bond donors (Lipinski definition) is 1. The molecule has 0 radical (unpaired) electrons. The molecule has 0 bridgehead atoms. The van der Waals surface area contributed by atoms with E-state index in [4.69, 9.17) is 17.3 Å². The van der Waals surface area contributed by atoms with Gasteiger partial charge in [0, 0.05) is 24.2 Å². The summed E-state index contributed by atoms with van der Waals surface area (Å²) in [6.07, 6.45) is 3.93. The van der Waals surface area contributed by atoms with Crippen molar-refractivity contribution >= 4 is 17.6 Å². The van der Waals surface area contributed by atoms with E-state index in [1.165, 1.54) is 7.11 Å². The lowest BCUT2D eigenvalue weighted by Gasteiger charge is -2.06. The molecule has 0 unspecified atom stereocenters. The minimum atomic E-state index is -0.686. The summed E-state index contributed by atoms with van der Waals surface area (Å²) in [6.45, 7) is 0.668. The second-order valence-corrected chi connectivity index (χ2v) is 4.94. The minimum Gasteiger partial charge on any atom is -0.468 e. The molecule has 0 saturated carbocycles. The molecule has 0 saturated heterocycles. The molecular weight excluding hydrogens is 278 g/mol. The van der Waals surface area contributed by atoms with Gasteiger partial charge in [0.15, 0.2) is 0 Å². The van der Waals surface area contributed by atoms with E-state index in [0.717, 1.165) is 11.3 Å². The molecule has 6 heteroatoms. The molecule has 0 aliphatic carbocycles. The van der Waals surface area contributed by atoms with Gasteiger partial charge in [-0.2, -0.15) is 0 Å². The molecule has 0 fully saturated rings. The standard InChI is InChI=1S/C14H16ClN3O2/c1-20-14(19)13(16)6-12-8-18(9-17-12)7-10-3-2-4-11(15)5-10/h2-5,8-9,13H,6-7,16H2,1H3/t13-/m0/s1. The van der Waals surface area contributed by atoms with E-state index in [1.54, 1.807) is 6.33 Å². The lowest BCUT2D eigenvalue weighted by atomic mass is 10.2. The van der Waals surface area contributed by atoms with Crippen LogP contribution < -0.4 is 5.73 Å². The summed E-state index contributed by atoms with van der Waals surface area (Å²) in [5.41, 5.74) is 7.54. The second kappa shape index (κ2) is 6.54. The zero-order chi connectivity index (χ0) is 14.5. The van der Waals surface area contributed by atoms with Crippen molar-refractivity contribution in [2.45, 2.75) is 19.0 Å². The number of ether oxygens (including phenoxy) is 1. The molecule has 0 spiro atoms. The summed E-state index contributed by atoms with van der Waals surface area (Å²) in [5, 5.41) is 0.704. The first-order valence-corrected chi connectivity index (χ1v) is 6.55. The maximum atomic E-state index is 11.3. The van der Waals surface area contributed by atoms with Gasteiger partial charge in [0.05, 0.1) is 19.1 Å². The van der Waals surface area contributed by atoms with Crippen molar-refractivity contribution in [1.29, 1.82) is 0 Å². The lowest BCUT2D eigenvalue weighted by Crippen LogP contribution is -2.33. The molecule has 2 rings (SSSR count). The Kier molecular flexibility index (Phi) is 4.76. The quantitative estimate of drug-likeness (QED) is 0.851. The average molecular weight is 294 g/mol. The van der Waals surface area contributed by atoms with Gasteiger partial charge in [-0.15, -0.1) is 0 Å². The maximum Gasteiger partial charge on any atom is 0.323 e. The van der Waals surface area contributed by atoms with E-state index in [9.17, 15) is 4.79 Å². The smallest absolute Gasteiger partial charge is 0.323 e. The van der Waals surface area contributed by atoms with Crippen LogP contribution in [0.25, 0.3) is 0 Å². The number of methoxy groups -OCH3 is 1. The molecule has 2 aromatic rings. The van der Waals surface area contributed by atoms with Crippen LogP contribution >= 0.6 is 11.6 Å². The summed E-state index contributed by atoms with van der Waals surface area (Å²) in [5.74, 6) is -0.436. The van der Waals surface area contributed by atoms with Crippen molar-refractivity contribution in [3.8, 4) is 0 Å². The van der Waals surface area contributed by atoms with Gasteiger partial charge in [-0.05, 0) is 17.7 Å². The van der Waals surface area contributed by atoms with Gasteiger partial charge in [-0.3, -0.25) is 4.79 Å². The number of nitrogens with zero attached hydrogens (tertiary/aromatic N) is 2. The fourth-order valence-electron chi connectivity index (χ4n) is 1.90. The van der Waals surface area contributed by atoms with Crippen molar-refractivity contribution in [3.63, 3.8) is 0 Å². The van der Waals surface area contributed by atoms with Crippen molar-refractivity contribution in [2.24, 2.45) is 5.73 Å². The van der Waals surface area contributed by atoms with Crippen LogP contribution in [0.2, 0.25) is 5.02 Å². The Hall–Kier alpha value is -1.85. The number of carbonyl (C=O) groups excluding carboxylic acids is 1. The van der Waals surface area contributed by atoms with E-state index < -0.39 is 12.0 Å². The topological polar surface area (TPSA) is 70.1 Å². The van der Waals surface area contributed by atoms with Gasteiger partial charge in [0.25, 0.3) is 0 Å². The average Bonchev–Trinajstić information content (AvgIpc) is 2.85. The van der Waals surface area contributed by atoms with Gasteiger partial charge in [0.2, 0.25) is 0 Å². The van der Waals surface area contributed by atoms with E-state index in [1.807, 2.05) is 35.0 Å². The Labute approximate surface area is 122 Å². The predicted octanol–water partition coefficient (Wildman–Crippen LogP) is 1.63. The molecular formula is C14H16ClN3O2. The fraction of sp³-hybridized carbons (Fsp3) is 0.286. The van der Waals surface area contributed by atoms with E-state index in [0.29, 0.717) is 18.0 Å². The zero-order valence-electron chi connectivity index (χ0n) is 11.1. The molecule has 2 N–H and O–H groups in total. The van der Waals surface area contributed by atoms with E-state index in [-0.39, 0.29) is 0 Å². The molecule has 5 nitrogen and oxygen atoms in total. The summed E-state index contributed by atoms with van der Waals surface area (Å²) >= 11 is 5.94. The predicted molar refractivity (Wildman–Crippen MR) is 76.5 cm³/mol. The Morgan fingerprint density at radius 3 is 3.05 bits per heavy atom. The maximum absolute atomic E-state index is 11.3. The number of imidazole rings is 1. The summed E-state index contributed by atoms with van der Waals surface area (Å²) in [6, 6.07) is 6.95. The Morgan fingerprint density at radius 2 is 2.35 bits per heavy atom. The van der Waals surface area contributed by atoms with Crippen LogP contribution in [0, 0.1) is 0 Å². The molecule has 1 heterocycles. The molecule has 20 heavy (non-hydrogen) atoms. The molecule has 1 atom stereocenters. The Balaban J connectivity index is 2.00. The first kappa shape index (κ1) is 14.6. The highest BCUT2D eigenvalue weighted by atomic mass is 35.5. The highest BCUT2D eigenvalue weighted by Gasteiger charge is 2.15.